The maximum Gasteiger partial charge on any atom is 0.123 e. The van der Waals surface area contributed by atoms with Gasteiger partial charge in [-0.15, -0.1) is 0 Å². The lowest BCUT2D eigenvalue weighted by atomic mass is 9.92. The fraction of sp³-hybridized carbons (Fsp3) is 0.400. The molecule has 1 saturated heterocycles. The van der Waals surface area contributed by atoms with E-state index in [-0.39, 0.29) is 11.9 Å². The van der Waals surface area contributed by atoms with Crippen molar-refractivity contribution in [3.8, 4) is 0 Å². The molecule has 1 nitrogen and oxygen atoms in total. The minimum Gasteiger partial charge on any atom is -0.364 e. The van der Waals surface area contributed by atoms with E-state index in [1.165, 1.54) is 11.6 Å². The number of benzene rings is 1. The number of epoxide rings is 1. The first-order valence-electron chi connectivity index (χ1n) is 4.28. The van der Waals surface area contributed by atoms with Gasteiger partial charge in [0.15, 0.2) is 0 Å². The molecule has 2 aliphatic rings. The highest BCUT2D eigenvalue weighted by molar-refractivity contribution is 5.35. The minimum atomic E-state index is -0.148. The Hall–Kier alpha value is -0.890. The molecule has 0 bridgehead atoms. The van der Waals surface area contributed by atoms with Crippen molar-refractivity contribution in [2.45, 2.75) is 25.0 Å². The van der Waals surface area contributed by atoms with Gasteiger partial charge in [0.1, 0.15) is 11.9 Å². The number of hydrogen-bond acceptors (Lipinski definition) is 1. The van der Waals surface area contributed by atoms with Gasteiger partial charge in [0.2, 0.25) is 0 Å². The Balaban J connectivity index is 2.14. The van der Waals surface area contributed by atoms with E-state index in [1.807, 2.05) is 6.07 Å². The summed E-state index contributed by atoms with van der Waals surface area (Å²) in [5, 5.41) is 0. The molecule has 1 fully saturated rings. The summed E-state index contributed by atoms with van der Waals surface area (Å²) in [5.41, 5.74) is 2.33. The van der Waals surface area contributed by atoms with Crippen LogP contribution in [0.25, 0.3) is 0 Å². The number of fused-ring (bicyclic) bond motifs is 3. The minimum absolute atomic E-state index is 0.148. The average molecular weight is 164 g/mol. The zero-order valence-corrected chi connectivity index (χ0v) is 6.59. The normalized spacial score (nSPS) is 30.8. The van der Waals surface area contributed by atoms with E-state index in [2.05, 4.69) is 0 Å². The molecule has 0 saturated carbocycles. The van der Waals surface area contributed by atoms with Crippen LogP contribution in [0.2, 0.25) is 0 Å². The zero-order valence-electron chi connectivity index (χ0n) is 6.59. The first-order chi connectivity index (χ1) is 5.84. The predicted octanol–water partition coefficient (Wildman–Crippen LogP) is 2.21. The van der Waals surface area contributed by atoms with Crippen molar-refractivity contribution in [3.05, 3.63) is 35.1 Å². The molecule has 3 rings (SSSR count). The molecule has 1 heterocycles. The third-order valence-corrected chi connectivity index (χ3v) is 2.70. The standard InChI is InChI=1S/C10H9FO/c11-7-3-1-6-2-4-9-10(12-9)8(6)5-7/h1,3,5,9-10H,2,4H2/t9-,10-/m0/s1. The van der Waals surface area contributed by atoms with Crippen LogP contribution >= 0.6 is 0 Å². The number of halogens is 1. The maximum atomic E-state index is 12.8. The maximum absolute atomic E-state index is 12.8. The summed E-state index contributed by atoms with van der Waals surface area (Å²) < 4.78 is 18.2. The van der Waals surface area contributed by atoms with Crippen molar-refractivity contribution < 1.29 is 9.13 Å². The second-order valence-corrected chi connectivity index (χ2v) is 3.48. The second-order valence-electron chi connectivity index (χ2n) is 3.48. The van der Waals surface area contributed by atoms with Gasteiger partial charge < -0.3 is 4.74 Å². The highest BCUT2D eigenvalue weighted by Crippen LogP contribution is 2.46. The van der Waals surface area contributed by atoms with Gasteiger partial charge >= 0.3 is 0 Å². The van der Waals surface area contributed by atoms with Gasteiger partial charge in [-0.1, -0.05) is 6.07 Å². The Morgan fingerprint density at radius 2 is 2.33 bits per heavy atom. The van der Waals surface area contributed by atoms with Gasteiger partial charge in [0, 0.05) is 0 Å². The van der Waals surface area contributed by atoms with Crippen molar-refractivity contribution >= 4 is 0 Å². The Morgan fingerprint density at radius 3 is 3.25 bits per heavy atom. The largest absolute Gasteiger partial charge is 0.364 e. The van der Waals surface area contributed by atoms with Crippen LogP contribution in [0.4, 0.5) is 4.39 Å². The Morgan fingerprint density at radius 1 is 1.42 bits per heavy atom. The second kappa shape index (κ2) is 2.07. The number of ether oxygens (including phenoxy) is 1. The summed E-state index contributed by atoms with van der Waals surface area (Å²) >= 11 is 0. The molecular weight excluding hydrogens is 155 g/mol. The van der Waals surface area contributed by atoms with Crippen LogP contribution in [-0.2, 0) is 11.2 Å². The monoisotopic (exact) mass is 164 g/mol. The average Bonchev–Trinajstić information content (AvgIpc) is 2.82. The summed E-state index contributed by atoms with van der Waals surface area (Å²) in [7, 11) is 0. The zero-order chi connectivity index (χ0) is 8.13. The lowest BCUT2D eigenvalue weighted by Crippen LogP contribution is -2.04. The van der Waals surface area contributed by atoms with Gasteiger partial charge in [0.05, 0.1) is 6.10 Å². The molecule has 2 atom stereocenters. The molecule has 62 valence electrons. The molecule has 0 radical (unpaired) electrons. The van der Waals surface area contributed by atoms with E-state index >= 15 is 0 Å². The van der Waals surface area contributed by atoms with Crippen molar-refractivity contribution in [2.24, 2.45) is 0 Å². The van der Waals surface area contributed by atoms with Gasteiger partial charge in [0.25, 0.3) is 0 Å². The first kappa shape index (κ1) is 6.61. The number of hydrogen-bond donors (Lipinski definition) is 0. The summed E-state index contributed by atoms with van der Waals surface area (Å²) in [6.45, 7) is 0. The van der Waals surface area contributed by atoms with Gasteiger partial charge in [-0.3, -0.25) is 0 Å². The lowest BCUT2D eigenvalue weighted by molar-refractivity contribution is 0.372. The van der Waals surface area contributed by atoms with Crippen LogP contribution in [-0.4, -0.2) is 6.10 Å². The topological polar surface area (TPSA) is 12.5 Å². The van der Waals surface area contributed by atoms with Crippen LogP contribution < -0.4 is 0 Å². The molecule has 1 aliphatic carbocycles. The fourth-order valence-corrected chi connectivity index (χ4v) is 1.99. The molecule has 1 aliphatic heterocycles. The summed E-state index contributed by atoms with van der Waals surface area (Å²) in [4.78, 5) is 0. The van der Waals surface area contributed by atoms with Gasteiger partial charge in [-0.25, -0.2) is 4.39 Å². The molecule has 0 aromatic heterocycles. The van der Waals surface area contributed by atoms with Crippen molar-refractivity contribution in [2.75, 3.05) is 0 Å². The Labute approximate surface area is 70.2 Å². The number of rotatable bonds is 0. The predicted molar refractivity (Wildman–Crippen MR) is 42.3 cm³/mol. The van der Waals surface area contributed by atoms with Crippen LogP contribution in [0, 0.1) is 5.82 Å². The third-order valence-electron chi connectivity index (χ3n) is 2.70. The Bertz CT molecular complexity index is 335. The van der Waals surface area contributed by atoms with Crippen LogP contribution in [0.15, 0.2) is 18.2 Å². The SMILES string of the molecule is Fc1ccc2c(c1)[C@@H]1O[C@H]1CC2. The van der Waals surface area contributed by atoms with Crippen LogP contribution in [0.1, 0.15) is 23.7 Å². The van der Waals surface area contributed by atoms with E-state index in [1.54, 1.807) is 6.07 Å². The molecule has 1 aromatic carbocycles. The quantitative estimate of drug-likeness (QED) is 0.535. The molecule has 0 amide bonds. The van der Waals surface area contributed by atoms with Crippen molar-refractivity contribution in [1.82, 2.24) is 0 Å². The molecule has 0 N–H and O–H groups in total. The summed E-state index contributed by atoms with van der Waals surface area (Å²) in [6.07, 6.45) is 2.74. The van der Waals surface area contributed by atoms with E-state index < -0.39 is 0 Å². The first-order valence-corrected chi connectivity index (χ1v) is 4.28. The summed E-state index contributed by atoms with van der Waals surface area (Å²) in [5.74, 6) is -0.148. The van der Waals surface area contributed by atoms with Crippen molar-refractivity contribution in [1.29, 1.82) is 0 Å². The van der Waals surface area contributed by atoms with Gasteiger partial charge in [-0.05, 0) is 36.1 Å². The van der Waals surface area contributed by atoms with E-state index in [9.17, 15) is 4.39 Å². The van der Waals surface area contributed by atoms with E-state index in [0.717, 1.165) is 18.4 Å². The van der Waals surface area contributed by atoms with Gasteiger partial charge in [-0.2, -0.15) is 0 Å². The smallest absolute Gasteiger partial charge is 0.123 e. The Kier molecular flexibility index (Phi) is 1.14. The molecule has 0 unspecified atom stereocenters. The lowest BCUT2D eigenvalue weighted by Gasteiger charge is -2.10. The molecule has 0 spiro atoms. The van der Waals surface area contributed by atoms with E-state index in [0.29, 0.717) is 6.10 Å². The molecule has 2 heteroatoms. The summed E-state index contributed by atoms with van der Waals surface area (Å²) in [6, 6.07) is 5.02. The molecule has 12 heavy (non-hydrogen) atoms. The van der Waals surface area contributed by atoms with Crippen LogP contribution in [0.3, 0.4) is 0 Å². The third kappa shape index (κ3) is 0.815. The molecular formula is C10H9FO. The fourth-order valence-electron chi connectivity index (χ4n) is 1.99. The molecule has 1 aromatic rings. The van der Waals surface area contributed by atoms with Crippen LogP contribution in [0.5, 0.6) is 0 Å². The van der Waals surface area contributed by atoms with Crippen molar-refractivity contribution in [3.63, 3.8) is 0 Å². The van der Waals surface area contributed by atoms with E-state index in [4.69, 9.17) is 4.74 Å². The number of aryl methyl sites for hydroxylation is 1. The highest BCUT2D eigenvalue weighted by Gasteiger charge is 2.43. The highest BCUT2D eigenvalue weighted by atomic mass is 19.1.